The lowest BCUT2D eigenvalue weighted by Gasteiger charge is -2.17. The van der Waals surface area contributed by atoms with Crippen LogP contribution in [-0.2, 0) is 0 Å². The van der Waals surface area contributed by atoms with E-state index in [1.165, 1.54) is 0 Å². The third kappa shape index (κ3) is 4.69. The van der Waals surface area contributed by atoms with Crippen LogP contribution in [0.4, 0.5) is 8.78 Å². The molecule has 0 radical (unpaired) electrons. The van der Waals surface area contributed by atoms with Gasteiger partial charge < -0.3 is 10.1 Å². The van der Waals surface area contributed by atoms with Gasteiger partial charge in [0.15, 0.2) is 0 Å². The molecule has 1 rings (SSSR count). The van der Waals surface area contributed by atoms with Gasteiger partial charge in [0.25, 0.3) is 0 Å². The van der Waals surface area contributed by atoms with Crippen LogP contribution in [0.15, 0.2) is 24.3 Å². The summed E-state index contributed by atoms with van der Waals surface area (Å²) in [6.45, 7) is -0.641. The van der Waals surface area contributed by atoms with E-state index in [0.29, 0.717) is 0 Å². The zero-order valence-electron chi connectivity index (χ0n) is 10.2. The monoisotopic (exact) mass is 243 g/mol. The van der Waals surface area contributed by atoms with Gasteiger partial charge in [0, 0.05) is 6.04 Å². The zero-order valence-corrected chi connectivity index (χ0v) is 10.2. The summed E-state index contributed by atoms with van der Waals surface area (Å²) in [6.07, 6.45) is 3.21. The van der Waals surface area contributed by atoms with E-state index in [1.807, 2.05) is 13.1 Å². The molecule has 0 amide bonds. The van der Waals surface area contributed by atoms with E-state index in [2.05, 4.69) is 17.0 Å². The van der Waals surface area contributed by atoms with Gasteiger partial charge in [0.1, 0.15) is 5.75 Å². The number of benzene rings is 1. The Morgan fingerprint density at radius 2 is 2.12 bits per heavy atom. The van der Waals surface area contributed by atoms with Gasteiger partial charge >= 0.3 is 6.61 Å². The fourth-order valence-corrected chi connectivity index (χ4v) is 1.79. The van der Waals surface area contributed by atoms with E-state index in [1.54, 1.807) is 18.2 Å². The standard InChI is InChI=1S/C13H19F2NO/c1-3-4-8-12(16-2)10-6-5-7-11(9-10)17-13(14)15/h5-7,9,12-13,16H,3-4,8H2,1-2H3. The van der Waals surface area contributed by atoms with Gasteiger partial charge in [-0.2, -0.15) is 8.78 Å². The van der Waals surface area contributed by atoms with E-state index >= 15 is 0 Å². The fourth-order valence-electron chi connectivity index (χ4n) is 1.79. The second-order valence-corrected chi connectivity index (χ2v) is 3.93. The van der Waals surface area contributed by atoms with Crippen molar-refractivity contribution < 1.29 is 13.5 Å². The Kier molecular flexibility index (Phi) is 5.91. The maximum absolute atomic E-state index is 12.1. The molecule has 1 N–H and O–H groups in total. The summed E-state index contributed by atoms with van der Waals surface area (Å²) in [5, 5.41) is 3.19. The predicted octanol–water partition coefficient (Wildman–Crippen LogP) is 3.74. The van der Waals surface area contributed by atoms with E-state index in [-0.39, 0.29) is 11.8 Å². The van der Waals surface area contributed by atoms with Crippen LogP contribution >= 0.6 is 0 Å². The Morgan fingerprint density at radius 3 is 2.71 bits per heavy atom. The lowest BCUT2D eigenvalue weighted by atomic mass is 10.0. The summed E-state index contributed by atoms with van der Waals surface area (Å²) in [7, 11) is 1.88. The third-order valence-corrected chi connectivity index (χ3v) is 2.68. The molecule has 0 spiro atoms. The molecule has 4 heteroatoms. The second-order valence-electron chi connectivity index (χ2n) is 3.93. The largest absolute Gasteiger partial charge is 0.435 e. The number of hydrogen-bond donors (Lipinski definition) is 1. The second kappa shape index (κ2) is 7.22. The molecule has 1 atom stereocenters. The molecule has 0 aromatic heterocycles. The average molecular weight is 243 g/mol. The summed E-state index contributed by atoms with van der Waals surface area (Å²) in [6, 6.07) is 7.07. The Morgan fingerprint density at radius 1 is 1.35 bits per heavy atom. The molecule has 0 heterocycles. The number of halogens is 2. The van der Waals surface area contributed by atoms with Gasteiger partial charge in [0.2, 0.25) is 0 Å². The normalized spacial score (nSPS) is 12.8. The SMILES string of the molecule is CCCCC(NC)c1cccc(OC(F)F)c1. The first-order valence-corrected chi connectivity index (χ1v) is 5.89. The molecule has 0 saturated heterocycles. The molecule has 2 nitrogen and oxygen atoms in total. The number of hydrogen-bond acceptors (Lipinski definition) is 2. The van der Waals surface area contributed by atoms with Crippen LogP contribution in [0, 0.1) is 0 Å². The highest BCUT2D eigenvalue weighted by molar-refractivity contribution is 5.30. The first-order chi connectivity index (χ1) is 8.17. The van der Waals surface area contributed by atoms with Crippen LogP contribution in [0.1, 0.15) is 37.8 Å². The molecule has 17 heavy (non-hydrogen) atoms. The van der Waals surface area contributed by atoms with E-state index < -0.39 is 6.61 Å². The van der Waals surface area contributed by atoms with Crippen LogP contribution in [-0.4, -0.2) is 13.7 Å². The first-order valence-electron chi connectivity index (χ1n) is 5.89. The quantitative estimate of drug-likeness (QED) is 0.787. The minimum Gasteiger partial charge on any atom is -0.435 e. The molecule has 0 saturated carbocycles. The summed E-state index contributed by atoms with van der Waals surface area (Å²) < 4.78 is 28.6. The predicted molar refractivity (Wildman–Crippen MR) is 64.4 cm³/mol. The van der Waals surface area contributed by atoms with Crippen LogP contribution in [0.25, 0.3) is 0 Å². The molecule has 0 aliphatic rings. The summed E-state index contributed by atoms with van der Waals surface area (Å²) >= 11 is 0. The summed E-state index contributed by atoms with van der Waals surface area (Å²) in [5.41, 5.74) is 0.985. The van der Waals surface area contributed by atoms with Crippen LogP contribution in [0.3, 0.4) is 0 Å². The zero-order chi connectivity index (χ0) is 12.7. The lowest BCUT2D eigenvalue weighted by molar-refractivity contribution is -0.0499. The molecule has 1 unspecified atom stereocenters. The number of unbranched alkanes of at least 4 members (excludes halogenated alkanes) is 1. The van der Waals surface area contributed by atoms with Gasteiger partial charge in [-0.1, -0.05) is 31.9 Å². The number of rotatable bonds is 7. The summed E-state index contributed by atoms with van der Waals surface area (Å²) in [4.78, 5) is 0. The van der Waals surface area contributed by atoms with Crippen molar-refractivity contribution in [2.45, 2.75) is 38.8 Å². The molecule has 1 aromatic carbocycles. The van der Waals surface area contributed by atoms with E-state index in [0.717, 1.165) is 24.8 Å². The maximum atomic E-state index is 12.1. The molecule has 0 bridgehead atoms. The van der Waals surface area contributed by atoms with E-state index in [4.69, 9.17) is 0 Å². The topological polar surface area (TPSA) is 21.3 Å². The van der Waals surface area contributed by atoms with Crippen molar-refractivity contribution in [2.75, 3.05) is 7.05 Å². The highest BCUT2D eigenvalue weighted by Crippen LogP contribution is 2.23. The molecule has 0 aliphatic heterocycles. The lowest BCUT2D eigenvalue weighted by Crippen LogP contribution is -2.16. The van der Waals surface area contributed by atoms with Crippen LogP contribution in [0.5, 0.6) is 5.75 Å². The van der Waals surface area contributed by atoms with Crippen molar-refractivity contribution in [3.8, 4) is 5.75 Å². The molecule has 0 fully saturated rings. The highest BCUT2D eigenvalue weighted by Gasteiger charge is 2.10. The van der Waals surface area contributed by atoms with Gasteiger partial charge in [-0.05, 0) is 31.2 Å². The fraction of sp³-hybridized carbons (Fsp3) is 0.538. The third-order valence-electron chi connectivity index (χ3n) is 2.68. The minimum absolute atomic E-state index is 0.191. The minimum atomic E-state index is -2.77. The van der Waals surface area contributed by atoms with E-state index in [9.17, 15) is 8.78 Å². The average Bonchev–Trinajstić information content (AvgIpc) is 2.30. The van der Waals surface area contributed by atoms with Gasteiger partial charge in [-0.15, -0.1) is 0 Å². The molecule has 1 aromatic rings. The van der Waals surface area contributed by atoms with Crippen molar-refractivity contribution in [1.82, 2.24) is 5.32 Å². The Labute approximate surface area is 101 Å². The van der Waals surface area contributed by atoms with Crippen molar-refractivity contribution in [1.29, 1.82) is 0 Å². The molecule has 0 aliphatic carbocycles. The Hall–Kier alpha value is -1.16. The first kappa shape index (κ1) is 13.9. The molecular weight excluding hydrogens is 224 g/mol. The van der Waals surface area contributed by atoms with Gasteiger partial charge in [-0.25, -0.2) is 0 Å². The molecule has 96 valence electrons. The Bertz CT molecular complexity index is 331. The number of ether oxygens (including phenoxy) is 1. The smallest absolute Gasteiger partial charge is 0.387 e. The van der Waals surface area contributed by atoms with Crippen molar-refractivity contribution in [3.63, 3.8) is 0 Å². The van der Waals surface area contributed by atoms with Gasteiger partial charge in [-0.3, -0.25) is 0 Å². The van der Waals surface area contributed by atoms with Crippen molar-refractivity contribution in [2.24, 2.45) is 0 Å². The van der Waals surface area contributed by atoms with Crippen molar-refractivity contribution >= 4 is 0 Å². The molecular formula is C13H19F2NO. The number of nitrogens with one attached hydrogen (secondary N) is 1. The Balaban J connectivity index is 2.73. The van der Waals surface area contributed by atoms with Crippen LogP contribution in [0.2, 0.25) is 0 Å². The van der Waals surface area contributed by atoms with Crippen LogP contribution < -0.4 is 10.1 Å². The maximum Gasteiger partial charge on any atom is 0.387 e. The van der Waals surface area contributed by atoms with Crippen molar-refractivity contribution in [3.05, 3.63) is 29.8 Å². The highest BCUT2D eigenvalue weighted by atomic mass is 19.3. The van der Waals surface area contributed by atoms with Gasteiger partial charge in [0.05, 0.1) is 0 Å². The number of alkyl halides is 2. The summed E-state index contributed by atoms with van der Waals surface area (Å²) in [5.74, 6) is 0.217.